The summed E-state index contributed by atoms with van der Waals surface area (Å²) in [6.07, 6.45) is 0.187. The van der Waals surface area contributed by atoms with Gasteiger partial charge < -0.3 is 9.47 Å². The van der Waals surface area contributed by atoms with Crippen molar-refractivity contribution in [3.63, 3.8) is 0 Å². The van der Waals surface area contributed by atoms with Crippen molar-refractivity contribution < 1.29 is 23.9 Å². The van der Waals surface area contributed by atoms with Gasteiger partial charge in [-0.05, 0) is 12.1 Å². The van der Waals surface area contributed by atoms with Gasteiger partial charge in [0.25, 0.3) is 0 Å². The number of hydrogen-bond acceptors (Lipinski definition) is 7. The lowest BCUT2D eigenvalue weighted by Gasteiger charge is -2.09. The highest BCUT2D eigenvalue weighted by molar-refractivity contribution is 6.37. The van der Waals surface area contributed by atoms with E-state index in [-0.39, 0.29) is 29.9 Å². The first-order valence-electron chi connectivity index (χ1n) is 8.23. The summed E-state index contributed by atoms with van der Waals surface area (Å²) < 4.78 is 9.44. The van der Waals surface area contributed by atoms with Crippen molar-refractivity contribution in [1.29, 1.82) is 0 Å². The molecule has 2 aromatic rings. The van der Waals surface area contributed by atoms with E-state index in [0.717, 1.165) is 0 Å². The molecule has 2 aromatic carbocycles. The summed E-state index contributed by atoms with van der Waals surface area (Å²) in [6.45, 7) is 0. The Labute approximate surface area is 157 Å². The SMILES string of the molecule is COC(=O)/C(CCC(=O)c1ccccc1)=N/Nc1ccccc1C(=O)OC. The first-order valence-corrected chi connectivity index (χ1v) is 8.23. The maximum absolute atomic E-state index is 12.2. The molecule has 0 aromatic heterocycles. The number of hydrazone groups is 1. The molecule has 0 saturated carbocycles. The Balaban J connectivity index is 2.14. The number of anilines is 1. The van der Waals surface area contributed by atoms with E-state index in [1.54, 1.807) is 48.5 Å². The summed E-state index contributed by atoms with van der Waals surface area (Å²) in [5.41, 5.74) is 3.93. The summed E-state index contributed by atoms with van der Waals surface area (Å²) in [5, 5.41) is 4.04. The normalized spacial score (nSPS) is 10.8. The van der Waals surface area contributed by atoms with E-state index in [2.05, 4.69) is 10.5 Å². The number of Topliss-reactive ketones (excluding diaryl/α,β-unsaturated/α-hetero) is 1. The lowest BCUT2D eigenvalue weighted by Crippen LogP contribution is -2.19. The molecule has 0 amide bonds. The van der Waals surface area contributed by atoms with E-state index in [0.29, 0.717) is 11.3 Å². The van der Waals surface area contributed by atoms with Crippen molar-refractivity contribution in [1.82, 2.24) is 0 Å². The number of benzene rings is 2. The Morgan fingerprint density at radius 1 is 0.889 bits per heavy atom. The number of hydrogen-bond donors (Lipinski definition) is 1. The molecule has 140 valence electrons. The summed E-state index contributed by atoms with van der Waals surface area (Å²) in [6, 6.07) is 15.4. The first-order chi connectivity index (χ1) is 13.1. The molecule has 0 atom stereocenters. The predicted octanol–water partition coefficient (Wildman–Crippen LogP) is 3.08. The van der Waals surface area contributed by atoms with Crippen LogP contribution in [0.1, 0.15) is 33.6 Å². The minimum absolute atomic E-state index is 0.0430. The molecule has 0 unspecified atom stereocenters. The molecule has 7 nitrogen and oxygen atoms in total. The van der Waals surface area contributed by atoms with Crippen LogP contribution in [0.25, 0.3) is 0 Å². The zero-order valence-corrected chi connectivity index (χ0v) is 15.1. The minimum Gasteiger partial charge on any atom is -0.465 e. The number of methoxy groups -OCH3 is 2. The summed E-state index contributed by atoms with van der Waals surface area (Å²) in [4.78, 5) is 36.0. The molecule has 0 aliphatic heterocycles. The van der Waals surface area contributed by atoms with Gasteiger partial charge in [0.05, 0.1) is 25.5 Å². The first kappa shape index (κ1) is 19.8. The summed E-state index contributed by atoms with van der Waals surface area (Å²) in [7, 11) is 2.51. The molecular weight excluding hydrogens is 348 g/mol. The molecule has 7 heteroatoms. The fourth-order valence-corrected chi connectivity index (χ4v) is 2.32. The van der Waals surface area contributed by atoms with Gasteiger partial charge in [-0.25, -0.2) is 9.59 Å². The number of ether oxygens (including phenoxy) is 2. The third kappa shape index (κ3) is 5.50. The Morgan fingerprint density at radius 3 is 2.22 bits per heavy atom. The van der Waals surface area contributed by atoms with Gasteiger partial charge in [0.2, 0.25) is 0 Å². The molecule has 2 rings (SSSR count). The average molecular weight is 368 g/mol. The average Bonchev–Trinajstić information content (AvgIpc) is 2.73. The van der Waals surface area contributed by atoms with Gasteiger partial charge in [-0.1, -0.05) is 42.5 Å². The molecule has 0 spiro atoms. The zero-order valence-electron chi connectivity index (χ0n) is 15.1. The largest absolute Gasteiger partial charge is 0.465 e. The molecule has 0 fully saturated rings. The van der Waals surface area contributed by atoms with Crippen LogP contribution in [0, 0.1) is 0 Å². The topological polar surface area (TPSA) is 94.1 Å². The highest BCUT2D eigenvalue weighted by Gasteiger charge is 2.16. The summed E-state index contributed by atoms with van der Waals surface area (Å²) >= 11 is 0. The Hall–Kier alpha value is -3.48. The van der Waals surface area contributed by atoms with Crippen molar-refractivity contribution in [2.24, 2.45) is 5.10 Å². The Kier molecular flexibility index (Phi) is 7.25. The monoisotopic (exact) mass is 368 g/mol. The number of nitrogens with zero attached hydrogens (tertiary/aromatic N) is 1. The van der Waals surface area contributed by atoms with Crippen molar-refractivity contribution in [2.45, 2.75) is 12.8 Å². The standard InChI is InChI=1S/C20H20N2O5/c1-26-19(24)15-10-6-7-11-16(15)21-22-17(20(25)27-2)12-13-18(23)14-8-4-3-5-9-14/h3-11,21H,12-13H2,1-2H3/b22-17+. The second kappa shape index (κ2) is 9.86. The van der Waals surface area contributed by atoms with Crippen molar-refractivity contribution in [3.05, 3.63) is 65.7 Å². The predicted molar refractivity (Wildman–Crippen MR) is 101 cm³/mol. The van der Waals surface area contributed by atoms with E-state index in [4.69, 9.17) is 9.47 Å². The number of para-hydroxylation sites is 1. The van der Waals surface area contributed by atoms with Crippen LogP contribution in [0.5, 0.6) is 0 Å². The number of rotatable bonds is 8. The van der Waals surface area contributed by atoms with Crippen LogP contribution < -0.4 is 5.43 Å². The van der Waals surface area contributed by atoms with Gasteiger partial charge in [0.15, 0.2) is 5.78 Å². The van der Waals surface area contributed by atoms with Crippen LogP contribution >= 0.6 is 0 Å². The highest BCUT2D eigenvalue weighted by atomic mass is 16.5. The van der Waals surface area contributed by atoms with Crippen molar-refractivity contribution >= 4 is 29.1 Å². The minimum atomic E-state index is -0.654. The maximum atomic E-state index is 12.2. The van der Waals surface area contributed by atoms with Gasteiger partial charge in [0, 0.05) is 18.4 Å². The quantitative estimate of drug-likeness (QED) is 0.333. The van der Waals surface area contributed by atoms with Gasteiger partial charge in [-0.2, -0.15) is 5.10 Å². The van der Waals surface area contributed by atoms with E-state index < -0.39 is 11.9 Å². The molecule has 0 saturated heterocycles. The maximum Gasteiger partial charge on any atom is 0.354 e. The van der Waals surface area contributed by atoms with Crippen molar-refractivity contribution in [2.75, 3.05) is 19.6 Å². The lowest BCUT2D eigenvalue weighted by molar-refractivity contribution is -0.132. The number of carbonyl (C=O) groups is 3. The number of ketones is 1. The second-order valence-corrected chi connectivity index (χ2v) is 5.49. The van der Waals surface area contributed by atoms with Crippen LogP contribution in [-0.4, -0.2) is 37.7 Å². The van der Waals surface area contributed by atoms with Crippen LogP contribution in [0.3, 0.4) is 0 Å². The van der Waals surface area contributed by atoms with E-state index in [1.165, 1.54) is 14.2 Å². The Morgan fingerprint density at radius 2 is 1.56 bits per heavy atom. The fourth-order valence-electron chi connectivity index (χ4n) is 2.32. The number of esters is 2. The lowest BCUT2D eigenvalue weighted by atomic mass is 10.0. The van der Waals surface area contributed by atoms with E-state index in [9.17, 15) is 14.4 Å². The van der Waals surface area contributed by atoms with Gasteiger partial charge in [-0.15, -0.1) is 0 Å². The van der Waals surface area contributed by atoms with Crippen molar-refractivity contribution in [3.8, 4) is 0 Å². The molecule has 27 heavy (non-hydrogen) atoms. The van der Waals surface area contributed by atoms with E-state index >= 15 is 0 Å². The highest BCUT2D eigenvalue weighted by Crippen LogP contribution is 2.16. The third-order valence-corrected chi connectivity index (χ3v) is 3.75. The number of nitrogens with one attached hydrogen (secondary N) is 1. The molecule has 1 N–H and O–H groups in total. The molecule has 0 aliphatic rings. The summed E-state index contributed by atoms with van der Waals surface area (Å²) in [5.74, 6) is -1.30. The van der Waals surface area contributed by atoms with Gasteiger partial charge in [0.1, 0.15) is 5.71 Å². The molecule has 0 heterocycles. The van der Waals surface area contributed by atoms with Gasteiger partial charge >= 0.3 is 11.9 Å². The third-order valence-electron chi connectivity index (χ3n) is 3.75. The van der Waals surface area contributed by atoms with Gasteiger partial charge in [-0.3, -0.25) is 10.2 Å². The van der Waals surface area contributed by atoms with Crippen LogP contribution in [-0.2, 0) is 14.3 Å². The second-order valence-electron chi connectivity index (χ2n) is 5.49. The zero-order chi connectivity index (χ0) is 19.6. The van der Waals surface area contributed by atoms with E-state index in [1.807, 2.05) is 6.07 Å². The fraction of sp³-hybridized carbons (Fsp3) is 0.200. The number of carbonyl (C=O) groups excluding carboxylic acids is 3. The van der Waals surface area contributed by atoms with Crippen LogP contribution in [0.2, 0.25) is 0 Å². The molecule has 0 aliphatic carbocycles. The van der Waals surface area contributed by atoms with Crippen LogP contribution in [0.15, 0.2) is 59.7 Å². The molecular formula is C20H20N2O5. The molecule has 0 radical (unpaired) electrons. The Bertz CT molecular complexity index is 846. The molecule has 0 bridgehead atoms. The van der Waals surface area contributed by atoms with Crippen LogP contribution in [0.4, 0.5) is 5.69 Å². The smallest absolute Gasteiger partial charge is 0.354 e.